The van der Waals surface area contributed by atoms with E-state index in [4.69, 9.17) is 4.74 Å². The lowest BCUT2D eigenvalue weighted by molar-refractivity contribution is -0.121. The molecule has 1 atom stereocenters. The first-order valence-corrected chi connectivity index (χ1v) is 9.58. The minimum Gasteiger partial charge on any atom is -0.497 e. The zero-order valence-electron chi connectivity index (χ0n) is 16.4. The molecule has 0 bridgehead atoms. The zero-order valence-corrected chi connectivity index (χ0v) is 16.4. The van der Waals surface area contributed by atoms with E-state index in [1.54, 1.807) is 25.1 Å². The molecule has 6 nitrogen and oxygen atoms in total. The van der Waals surface area contributed by atoms with Crippen molar-refractivity contribution in [3.05, 3.63) is 59.7 Å². The van der Waals surface area contributed by atoms with E-state index in [1.165, 1.54) is 0 Å². The van der Waals surface area contributed by atoms with Crippen LogP contribution in [0, 0.1) is 5.92 Å². The summed E-state index contributed by atoms with van der Waals surface area (Å²) in [5.74, 6) is 0.653. The molecule has 1 aliphatic rings. The van der Waals surface area contributed by atoms with Gasteiger partial charge in [-0.3, -0.25) is 9.59 Å². The minimum atomic E-state index is -0.173. The summed E-state index contributed by atoms with van der Waals surface area (Å²) in [6.07, 6.45) is 1.56. The molecule has 3 rings (SSSR count). The zero-order chi connectivity index (χ0) is 19.9. The number of rotatable bonds is 7. The second-order valence-corrected chi connectivity index (χ2v) is 6.96. The van der Waals surface area contributed by atoms with E-state index in [1.807, 2.05) is 42.5 Å². The number of benzene rings is 2. The molecule has 1 aliphatic heterocycles. The van der Waals surface area contributed by atoms with Gasteiger partial charge in [0.15, 0.2) is 0 Å². The van der Waals surface area contributed by atoms with Gasteiger partial charge in [-0.2, -0.15) is 0 Å². The molecule has 6 heteroatoms. The molecule has 1 heterocycles. The number of methoxy groups -OCH3 is 1. The monoisotopic (exact) mass is 381 g/mol. The van der Waals surface area contributed by atoms with Crippen LogP contribution in [0.2, 0.25) is 0 Å². The van der Waals surface area contributed by atoms with Crippen LogP contribution in [0.25, 0.3) is 0 Å². The summed E-state index contributed by atoms with van der Waals surface area (Å²) < 4.78 is 5.16. The number of para-hydroxylation sites is 1. The summed E-state index contributed by atoms with van der Waals surface area (Å²) >= 11 is 0. The molecular formula is C22H27N3O3. The van der Waals surface area contributed by atoms with Crippen molar-refractivity contribution in [3.8, 4) is 5.75 Å². The highest BCUT2D eigenvalue weighted by Crippen LogP contribution is 2.22. The molecule has 1 saturated heterocycles. The van der Waals surface area contributed by atoms with Crippen LogP contribution in [0.4, 0.5) is 5.69 Å². The third kappa shape index (κ3) is 4.70. The first-order chi connectivity index (χ1) is 13.6. The number of carbonyl (C=O) groups is 2. The highest BCUT2D eigenvalue weighted by Gasteiger charge is 2.27. The summed E-state index contributed by atoms with van der Waals surface area (Å²) in [5, 5.41) is 6.17. The van der Waals surface area contributed by atoms with Gasteiger partial charge in [0.25, 0.3) is 5.91 Å². The molecule has 28 heavy (non-hydrogen) atoms. The summed E-state index contributed by atoms with van der Waals surface area (Å²) in [6.45, 7) is 2.07. The Balaban J connectivity index is 1.62. The van der Waals surface area contributed by atoms with Crippen LogP contribution in [0.5, 0.6) is 5.75 Å². The van der Waals surface area contributed by atoms with Gasteiger partial charge in [-0.25, -0.2) is 0 Å². The maximum Gasteiger partial charge on any atom is 0.253 e. The Kier molecular flexibility index (Phi) is 6.66. The molecule has 0 spiro atoms. The van der Waals surface area contributed by atoms with E-state index < -0.39 is 0 Å². The van der Waals surface area contributed by atoms with Crippen LogP contribution in [-0.2, 0) is 11.2 Å². The van der Waals surface area contributed by atoms with Gasteiger partial charge in [0.1, 0.15) is 5.75 Å². The van der Waals surface area contributed by atoms with Gasteiger partial charge in [-0.15, -0.1) is 0 Å². The third-order valence-electron chi connectivity index (χ3n) is 5.11. The Bertz CT molecular complexity index is 814. The lowest BCUT2D eigenvalue weighted by Crippen LogP contribution is -2.36. The quantitative estimate of drug-likeness (QED) is 0.772. The summed E-state index contributed by atoms with van der Waals surface area (Å²) in [4.78, 5) is 27.0. The fraction of sp³-hybridized carbons (Fsp3) is 0.364. The molecule has 1 unspecified atom stereocenters. The van der Waals surface area contributed by atoms with Crippen LogP contribution < -0.4 is 20.3 Å². The summed E-state index contributed by atoms with van der Waals surface area (Å²) in [7, 11) is 3.38. The number of hydrogen-bond donors (Lipinski definition) is 2. The maximum absolute atomic E-state index is 12.7. The number of nitrogens with one attached hydrogen (secondary N) is 2. The van der Waals surface area contributed by atoms with Crippen molar-refractivity contribution in [2.45, 2.75) is 12.8 Å². The maximum atomic E-state index is 12.7. The standard InChI is InChI=1S/C22H27N3O3/c1-25(22(27)17-12-13-23-15-17)20-6-4-3-5-19(20)21(26)24-14-11-16-7-9-18(28-2)10-8-16/h3-10,17,23H,11-15H2,1-2H3,(H,24,26). The van der Waals surface area contributed by atoms with E-state index >= 15 is 0 Å². The molecule has 0 radical (unpaired) electrons. The van der Waals surface area contributed by atoms with Gasteiger partial charge in [-0.1, -0.05) is 24.3 Å². The normalized spacial score (nSPS) is 15.9. The second kappa shape index (κ2) is 9.37. The molecule has 1 fully saturated rings. The van der Waals surface area contributed by atoms with Gasteiger partial charge in [0.2, 0.25) is 5.91 Å². The average molecular weight is 381 g/mol. The molecule has 0 saturated carbocycles. The van der Waals surface area contributed by atoms with E-state index in [0.29, 0.717) is 24.3 Å². The van der Waals surface area contributed by atoms with Crippen molar-refractivity contribution in [2.24, 2.45) is 5.92 Å². The second-order valence-electron chi connectivity index (χ2n) is 6.96. The molecule has 0 aliphatic carbocycles. The van der Waals surface area contributed by atoms with Gasteiger partial charge in [0.05, 0.1) is 24.3 Å². The molecule has 2 aromatic rings. The number of carbonyl (C=O) groups excluding carboxylic acids is 2. The van der Waals surface area contributed by atoms with E-state index in [-0.39, 0.29) is 17.7 Å². The van der Waals surface area contributed by atoms with Gasteiger partial charge in [0, 0.05) is 20.1 Å². The highest BCUT2D eigenvalue weighted by molar-refractivity contribution is 6.05. The van der Waals surface area contributed by atoms with E-state index in [0.717, 1.165) is 30.7 Å². The predicted molar refractivity (Wildman–Crippen MR) is 110 cm³/mol. The van der Waals surface area contributed by atoms with Gasteiger partial charge in [-0.05, 0) is 49.2 Å². The van der Waals surface area contributed by atoms with Crippen molar-refractivity contribution in [2.75, 3.05) is 38.7 Å². The van der Waals surface area contributed by atoms with Crippen molar-refractivity contribution < 1.29 is 14.3 Å². The SMILES string of the molecule is COc1ccc(CCNC(=O)c2ccccc2N(C)C(=O)C2CCNC2)cc1. The molecule has 148 valence electrons. The molecule has 2 amide bonds. The van der Waals surface area contributed by atoms with Crippen LogP contribution >= 0.6 is 0 Å². The lowest BCUT2D eigenvalue weighted by Gasteiger charge is -2.23. The summed E-state index contributed by atoms with van der Waals surface area (Å²) in [5.41, 5.74) is 2.27. The molecular weight excluding hydrogens is 354 g/mol. The number of amides is 2. The Morgan fingerprint density at radius 3 is 2.61 bits per heavy atom. The van der Waals surface area contributed by atoms with Crippen LogP contribution in [0.3, 0.4) is 0 Å². The number of nitrogens with zero attached hydrogens (tertiary/aromatic N) is 1. The molecule has 2 aromatic carbocycles. The number of hydrogen-bond acceptors (Lipinski definition) is 4. The van der Waals surface area contributed by atoms with Crippen molar-refractivity contribution in [3.63, 3.8) is 0 Å². The van der Waals surface area contributed by atoms with Crippen LogP contribution in [0.15, 0.2) is 48.5 Å². The topological polar surface area (TPSA) is 70.7 Å². The van der Waals surface area contributed by atoms with Crippen LogP contribution in [-0.4, -0.2) is 45.6 Å². The van der Waals surface area contributed by atoms with Crippen molar-refractivity contribution in [1.29, 1.82) is 0 Å². The smallest absolute Gasteiger partial charge is 0.253 e. The van der Waals surface area contributed by atoms with E-state index in [9.17, 15) is 9.59 Å². The Hall–Kier alpha value is -2.86. The van der Waals surface area contributed by atoms with E-state index in [2.05, 4.69) is 10.6 Å². The fourth-order valence-corrected chi connectivity index (χ4v) is 3.42. The first kappa shape index (κ1) is 19.9. The third-order valence-corrected chi connectivity index (χ3v) is 5.11. The molecule has 0 aromatic heterocycles. The van der Waals surface area contributed by atoms with Gasteiger partial charge >= 0.3 is 0 Å². The molecule has 2 N–H and O–H groups in total. The Morgan fingerprint density at radius 1 is 1.18 bits per heavy atom. The van der Waals surface area contributed by atoms with Crippen molar-refractivity contribution >= 4 is 17.5 Å². The van der Waals surface area contributed by atoms with Crippen LogP contribution in [0.1, 0.15) is 22.3 Å². The minimum absolute atomic E-state index is 0.0313. The largest absolute Gasteiger partial charge is 0.497 e. The highest BCUT2D eigenvalue weighted by atomic mass is 16.5. The Morgan fingerprint density at radius 2 is 1.93 bits per heavy atom. The lowest BCUT2D eigenvalue weighted by atomic mass is 10.1. The average Bonchev–Trinajstić information content (AvgIpc) is 3.28. The van der Waals surface area contributed by atoms with Gasteiger partial charge < -0.3 is 20.3 Å². The van der Waals surface area contributed by atoms with Crippen molar-refractivity contribution in [1.82, 2.24) is 10.6 Å². The first-order valence-electron chi connectivity index (χ1n) is 9.58. The number of ether oxygens (including phenoxy) is 1. The summed E-state index contributed by atoms with van der Waals surface area (Å²) in [6, 6.07) is 15.0. The predicted octanol–water partition coefficient (Wildman–Crippen LogP) is 2.24. The number of anilines is 1. The Labute approximate surface area is 165 Å². The fourth-order valence-electron chi connectivity index (χ4n) is 3.42.